The Kier molecular flexibility index (Phi) is 4.84. The van der Waals surface area contributed by atoms with E-state index in [9.17, 15) is 4.79 Å². The largest absolute Gasteiger partial charge is 0.384 e. The number of anilines is 1. The molecule has 0 unspecified atom stereocenters. The van der Waals surface area contributed by atoms with Gasteiger partial charge in [0.2, 0.25) is 5.91 Å². The molecule has 0 spiro atoms. The lowest BCUT2D eigenvalue weighted by Crippen LogP contribution is -2.21. The molecule has 1 fully saturated rings. The van der Waals surface area contributed by atoms with Crippen LogP contribution in [-0.4, -0.2) is 17.6 Å². The van der Waals surface area contributed by atoms with Gasteiger partial charge in [0.25, 0.3) is 0 Å². The van der Waals surface area contributed by atoms with Gasteiger partial charge in [-0.05, 0) is 37.0 Å². The number of aliphatic hydroxyl groups is 1. The molecule has 2 rings (SSSR count). The van der Waals surface area contributed by atoms with E-state index in [1.165, 1.54) is 6.42 Å². The molecular weight excluding hydrogens is 262 g/mol. The fourth-order valence-corrected chi connectivity index (χ4v) is 2.20. The minimum atomic E-state index is -0.220. The van der Waals surface area contributed by atoms with Crippen molar-refractivity contribution in [2.75, 3.05) is 11.9 Å². The lowest BCUT2D eigenvalue weighted by molar-refractivity contribution is -0.117. The summed E-state index contributed by atoms with van der Waals surface area (Å²) in [7, 11) is 0. The maximum absolute atomic E-state index is 11.9. The molecule has 0 atom stereocenters. The summed E-state index contributed by atoms with van der Waals surface area (Å²) in [5.74, 6) is 5.90. The second-order valence-corrected chi connectivity index (χ2v) is 5.14. The van der Waals surface area contributed by atoms with Gasteiger partial charge >= 0.3 is 0 Å². The molecule has 100 valence electrons. The molecule has 1 aliphatic carbocycles. The van der Waals surface area contributed by atoms with Crippen LogP contribution in [0.1, 0.15) is 31.2 Å². The summed E-state index contributed by atoms with van der Waals surface area (Å²) in [6.07, 6.45) is 4.08. The molecule has 0 heterocycles. The number of halogens is 1. The van der Waals surface area contributed by atoms with E-state index in [-0.39, 0.29) is 12.5 Å². The number of carbonyl (C=O) groups excluding carboxylic acids is 1. The van der Waals surface area contributed by atoms with Gasteiger partial charge in [-0.15, -0.1) is 0 Å². The summed E-state index contributed by atoms with van der Waals surface area (Å²) in [5, 5.41) is 12.2. The van der Waals surface area contributed by atoms with Crippen LogP contribution in [0.5, 0.6) is 0 Å². The third-order valence-corrected chi connectivity index (χ3v) is 3.49. The molecule has 1 aromatic rings. The fourth-order valence-electron chi connectivity index (χ4n) is 2.02. The Balaban J connectivity index is 2.07. The smallest absolute Gasteiger partial charge is 0.224 e. The van der Waals surface area contributed by atoms with E-state index in [1.54, 1.807) is 18.2 Å². The van der Waals surface area contributed by atoms with E-state index < -0.39 is 0 Å². The zero-order chi connectivity index (χ0) is 13.7. The van der Waals surface area contributed by atoms with Gasteiger partial charge in [-0.1, -0.05) is 29.9 Å². The fraction of sp³-hybridized carbons (Fsp3) is 0.400. The Morgan fingerprint density at radius 3 is 2.89 bits per heavy atom. The summed E-state index contributed by atoms with van der Waals surface area (Å²) >= 11 is 5.91. The van der Waals surface area contributed by atoms with Gasteiger partial charge in [0.1, 0.15) is 6.61 Å². The molecule has 3 nitrogen and oxygen atoms in total. The SMILES string of the molecule is O=C(CC1CCC1)Nc1ccc(Cl)cc1C#CCO. The van der Waals surface area contributed by atoms with E-state index in [0.29, 0.717) is 28.6 Å². The Morgan fingerprint density at radius 1 is 1.47 bits per heavy atom. The highest BCUT2D eigenvalue weighted by atomic mass is 35.5. The van der Waals surface area contributed by atoms with Gasteiger partial charge in [0, 0.05) is 17.0 Å². The van der Waals surface area contributed by atoms with Crippen LogP contribution in [0.25, 0.3) is 0 Å². The summed E-state index contributed by atoms with van der Waals surface area (Å²) in [6.45, 7) is -0.220. The van der Waals surface area contributed by atoms with Crippen molar-refractivity contribution in [2.45, 2.75) is 25.7 Å². The van der Waals surface area contributed by atoms with Crippen LogP contribution in [0.2, 0.25) is 5.02 Å². The minimum Gasteiger partial charge on any atom is -0.384 e. The van der Waals surface area contributed by atoms with Crippen molar-refractivity contribution in [3.05, 3.63) is 28.8 Å². The molecule has 0 bridgehead atoms. The first-order chi connectivity index (χ1) is 9.19. The number of hydrogen-bond acceptors (Lipinski definition) is 2. The lowest BCUT2D eigenvalue weighted by atomic mass is 9.83. The van der Waals surface area contributed by atoms with E-state index in [0.717, 1.165) is 12.8 Å². The van der Waals surface area contributed by atoms with Crippen LogP contribution in [0.3, 0.4) is 0 Å². The molecular formula is C15H16ClNO2. The summed E-state index contributed by atoms with van der Waals surface area (Å²) in [4.78, 5) is 11.9. The summed E-state index contributed by atoms with van der Waals surface area (Å²) in [6, 6.07) is 5.14. The first-order valence-corrected chi connectivity index (χ1v) is 6.76. The molecule has 4 heteroatoms. The second kappa shape index (κ2) is 6.60. The highest BCUT2D eigenvalue weighted by molar-refractivity contribution is 6.30. The zero-order valence-electron chi connectivity index (χ0n) is 10.6. The number of benzene rings is 1. The zero-order valence-corrected chi connectivity index (χ0v) is 11.3. The van der Waals surface area contributed by atoms with Crippen LogP contribution < -0.4 is 5.32 Å². The van der Waals surface area contributed by atoms with Crippen molar-refractivity contribution in [1.82, 2.24) is 0 Å². The molecule has 1 amide bonds. The first-order valence-electron chi connectivity index (χ1n) is 6.38. The molecule has 19 heavy (non-hydrogen) atoms. The average molecular weight is 278 g/mol. The van der Waals surface area contributed by atoms with Gasteiger partial charge < -0.3 is 10.4 Å². The molecule has 0 aliphatic heterocycles. The van der Waals surface area contributed by atoms with Crippen molar-refractivity contribution >= 4 is 23.2 Å². The lowest BCUT2D eigenvalue weighted by Gasteiger charge is -2.24. The van der Waals surface area contributed by atoms with E-state index >= 15 is 0 Å². The molecule has 1 saturated carbocycles. The summed E-state index contributed by atoms with van der Waals surface area (Å²) in [5.41, 5.74) is 1.28. The third kappa shape index (κ3) is 3.99. The first kappa shape index (κ1) is 13.9. The standard InChI is InChI=1S/C15H16ClNO2/c16-13-6-7-14(12(10-13)5-2-8-18)17-15(19)9-11-3-1-4-11/h6-7,10-11,18H,1,3-4,8-9H2,(H,17,19). The number of aliphatic hydroxyl groups excluding tert-OH is 1. The van der Waals surface area contributed by atoms with E-state index in [1.807, 2.05) is 0 Å². The van der Waals surface area contributed by atoms with Gasteiger partial charge in [-0.2, -0.15) is 0 Å². The maximum atomic E-state index is 11.9. The van der Waals surface area contributed by atoms with Crippen molar-refractivity contribution in [3.63, 3.8) is 0 Å². The highest BCUT2D eigenvalue weighted by Gasteiger charge is 2.20. The van der Waals surface area contributed by atoms with Crippen molar-refractivity contribution in [2.24, 2.45) is 5.92 Å². The molecule has 2 N–H and O–H groups in total. The number of nitrogens with one attached hydrogen (secondary N) is 1. The number of amides is 1. The Morgan fingerprint density at radius 2 is 2.26 bits per heavy atom. The van der Waals surface area contributed by atoms with Gasteiger partial charge in [0.15, 0.2) is 0 Å². The maximum Gasteiger partial charge on any atom is 0.224 e. The van der Waals surface area contributed by atoms with Gasteiger partial charge in [-0.25, -0.2) is 0 Å². The van der Waals surface area contributed by atoms with Crippen LogP contribution in [-0.2, 0) is 4.79 Å². The predicted octanol–water partition coefficient (Wildman–Crippen LogP) is 2.81. The normalized spacial score (nSPS) is 14.2. The second-order valence-electron chi connectivity index (χ2n) is 4.70. The number of carbonyl (C=O) groups is 1. The van der Waals surface area contributed by atoms with Crippen LogP contribution >= 0.6 is 11.6 Å². The predicted molar refractivity (Wildman–Crippen MR) is 76.0 cm³/mol. The Labute approximate surface area is 118 Å². The molecule has 1 aliphatic rings. The Bertz CT molecular complexity index is 527. The monoisotopic (exact) mass is 277 g/mol. The number of hydrogen-bond donors (Lipinski definition) is 2. The summed E-state index contributed by atoms with van der Waals surface area (Å²) < 4.78 is 0. The van der Waals surface area contributed by atoms with Crippen molar-refractivity contribution in [3.8, 4) is 11.8 Å². The van der Waals surface area contributed by atoms with Gasteiger partial charge in [0.05, 0.1) is 5.69 Å². The Hall–Kier alpha value is -1.50. The van der Waals surface area contributed by atoms with Gasteiger partial charge in [-0.3, -0.25) is 4.79 Å². The molecule has 1 aromatic carbocycles. The van der Waals surface area contributed by atoms with Crippen molar-refractivity contribution < 1.29 is 9.90 Å². The van der Waals surface area contributed by atoms with E-state index in [4.69, 9.17) is 16.7 Å². The highest BCUT2D eigenvalue weighted by Crippen LogP contribution is 2.30. The third-order valence-electron chi connectivity index (χ3n) is 3.26. The quantitative estimate of drug-likeness (QED) is 0.835. The topological polar surface area (TPSA) is 49.3 Å². The molecule has 0 radical (unpaired) electrons. The van der Waals surface area contributed by atoms with Crippen LogP contribution in [0.4, 0.5) is 5.69 Å². The number of rotatable bonds is 3. The van der Waals surface area contributed by atoms with Crippen molar-refractivity contribution in [1.29, 1.82) is 0 Å². The molecule has 0 saturated heterocycles. The molecule has 0 aromatic heterocycles. The van der Waals surface area contributed by atoms with E-state index in [2.05, 4.69) is 17.2 Å². The van der Waals surface area contributed by atoms with Crippen LogP contribution in [0, 0.1) is 17.8 Å². The van der Waals surface area contributed by atoms with Crippen LogP contribution in [0.15, 0.2) is 18.2 Å². The average Bonchev–Trinajstić information content (AvgIpc) is 2.34. The minimum absolute atomic E-state index is 0.0130.